The van der Waals surface area contributed by atoms with Gasteiger partial charge in [0.15, 0.2) is 0 Å². The maximum Gasteiger partial charge on any atom is 0.0456 e. The van der Waals surface area contributed by atoms with Gasteiger partial charge in [0.2, 0.25) is 0 Å². The Bertz CT molecular complexity index is 345. The molecule has 1 atom stereocenters. The zero-order chi connectivity index (χ0) is 12.8. The van der Waals surface area contributed by atoms with Crippen molar-refractivity contribution in [1.29, 1.82) is 0 Å². The van der Waals surface area contributed by atoms with Crippen LogP contribution in [0.2, 0.25) is 5.02 Å². The lowest BCUT2D eigenvalue weighted by Crippen LogP contribution is -2.28. The maximum atomic E-state index is 6.38. The molecule has 1 aromatic carbocycles. The minimum atomic E-state index is 0.378. The first-order valence-electron chi connectivity index (χ1n) is 6.63. The molecule has 0 bridgehead atoms. The zero-order valence-electron chi connectivity index (χ0n) is 11.4. The van der Waals surface area contributed by atoms with E-state index < -0.39 is 0 Å². The summed E-state index contributed by atoms with van der Waals surface area (Å²) < 4.78 is 0. The van der Waals surface area contributed by atoms with Crippen molar-refractivity contribution in [3.63, 3.8) is 0 Å². The molecule has 2 heteroatoms. The molecule has 0 aliphatic carbocycles. The van der Waals surface area contributed by atoms with Crippen molar-refractivity contribution in [3.8, 4) is 0 Å². The van der Waals surface area contributed by atoms with E-state index >= 15 is 0 Å². The van der Waals surface area contributed by atoms with Crippen molar-refractivity contribution < 1.29 is 0 Å². The predicted molar refractivity (Wildman–Crippen MR) is 76.7 cm³/mol. The quantitative estimate of drug-likeness (QED) is 0.773. The van der Waals surface area contributed by atoms with E-state index in [0.717, 1.165) is 11.6 Å². The number of aryl methyl sites for hydroxylation is 1. The van der Waals surface area contributed by atoms with E-state index in [4.69, 9.17) is 11.6 Å². The van der Waals surface area contributed by atoms with E-state index in [1.807, 2.05) is 0 Å². The number of hydrogen-bond acceptors (Lipinski definition) is 1. The lowest BCUT2D eigenvalue weighted by atomic mass is 9.88. The van der Waals surface area contributed by atoms with Crippen molar-refractivity contribution >= 4 is 11.6 Å². The molecular weight excluding hydrogens is 230 g/mol. The number of benzene rings is 1. The van der Waals surface area contributed by atoms with Gasteiger partial charge in [0.05, 0.1) is 0 Å². The van der Waals surface area contributed by atoms with Crippen LogP contribution < -0.4 is 5.32 Å². The molecule has 0 heterocycles. The van der Waals surface area contributed by atoms with Gasteiger partial charge < -0.3 is 5.32 Å². The van der Waals surface area contributed by atoms with Gasteiger partial charge in [-0.25, -0.2) is 0 Å². The Hall–Kier alpha value is -0.530. The molecule has 1 nitrogen and oxygen atoms in total. The normalized spacial score (nSPS) is 13.1. The van der Waals surface area contributed by atoms with Crippen LogP contribution in [0.3, 0.4) is 0 Å². The number of rotatable bonds is 6. The van der Waals surface area contributed by atoms with Crippen LogP contribution in [0.4, 0.5) is 0 Å². The molecule has 0 amide bonds. The first-order valence-corrected chi connectivity index (χ1v) is 7.01. The van der Waals surface area contributed by atoms with Crippen LogP contribution in [0, 0.1) is 12.8 Å². The average molecular weight is 254 g/mol. The monoisotopic (exact) mass is 253 g/mol. The van der Waals surface area contributed by atoms with Crippen molar-refractivity contribution in [2.75, 3.05) is 6.54 Å². The molecule has 0 fully saturated rings. The summed E-state index contributed by atoms with van der Waals surface area (Å²) in [5, 5.41) is 4.47. The summed E-state index contributed by atoms with van der Waals surface area (Å²) in [5.41, 5.74) is 2.46. The highest BCUT2D eigenvalue weighted by Gasteiger charge is 2.21. The van der Waals surface area contributed by atoms with Crippen molar-refractivity contribution in [2.24, 2.45) is 5.92 Å². The molecule has 1 aromatic rings. The Morgan fingerprint density at radius 2 is 1.82 bits per heavy atom. The third-order valence-corrected chi connectivity index (χ3v) is 3.76. The highest BCUT2D eigenvalue weighted by atomic mass is 35.5. The number of halogens is 1. The van der Waals surface area contributed by atoms with Gasteiger partial charge in [-0.05, 0) is 36.6 Å². The Labute approximate surface area is 111 Å². The van der Waals surface area contributed by atoms with E-state index in [-0.39, 0.29) is 0 Å². The molecule has 0 aliphatic heterocycles. The molecule has 17 heavy (non-hydrogen) atoms. The van der Waals surface area contributed by atoms with E-state index in [1.165, 1.54) is 24.0 Å². The van der Waals surface area contributed by atoms with Crippen molar-refractivity contribution in [3.05, 3.63) is 34.3 Å². The minimum absolute atomic E-state index is 0.378. The molecule has 0 radical (unpaired) electrons. The summed E-state index contributed by atoms with van der Waals surface area (Å²) in [4.78, 5) is 0. The molecule has 0 saturated carbocycles. The number of nitrogens with one attached hydrogen (secondary N) is 1. The Morgan fingerprint density at radius 1 is 1.18 bits per heavy atom. The molecule has 96 valence electrons. The molecule has 0 aromatic heterocycles. The van der Waals surface area contributed by atoms with E-state index in [0.29, 0.717) is 12.0 Å². The molecule has 1 unspecified atom stereocenters. The topological polar surface area (TPSA) is 12.0 Å². The maximum absolute atomic E-state index is 6.38. The molecule has 1 N–H and O–H groups in total. The summed E-state index contributed by atoms with van der Waals surface area (Å²) >= 11 is 6.38. The van der Waals surface area contributed by atoms with Gasteiger partial charge >= 0.3 is 0 Å². The van der Waals surface area contributed by atoms with E-state index in [1.54, 1.807) is 0 Å². The fraction of sp³-hybridized carbons (Fsp3) is 0.600. The molecule has 0 saturated heterocycles. The molecule has 0 spiro atoms. The standard InChI is InChI=1S/C15H24ClN/c1-5-12(6-2)15(17-7-3)13-9-8-11(4)10-14(13)16/h8-10,12,15,17H,5-7H2,1-4H3. The van der Waals surface area contributed by atoms with Crippen LogP contribution in [-0.4, -0.2) is 6.54 Å². The summed E-state index contributed by atoms with van der Waals surface area (Å²) in [6, 6.07) is 6.75. The van der Waals surface area contributed by atoms with Gasteiger partial charge in [-0.2, -0.15) is 0 Å². The fourth-order valence-corrected chi connectivity index (χ4v) is 2.75. The van der Waals surface area contributed by atoms with Crippen LogP contribution in [0.25, 0.3) is 0 Å². The molecular formula is C15H24ClN. The van der Waals surface area contributed by atoms with Crippen LogP contribution in [0.15, 0.2) is 18.2 Å². The smallest absolute Gasteiger partial charge is 0.0456 e. The Morgan fingerprint density at radius 3 is 2.29 bits per heavy atom. The van der Waals surface area contributed by atoms with Crippen LogP contribution >= 0.6 is 11.6 Å². The van der Waals surface area contributed by atoms with Crippen molar-refractivity contribution in [2.45, 2.75) is 46.6 Å². The van der Waals surface area contributed by atoms with Gasteiger partial charge in [-0.3, -0.25) is 0 Å². The Balaban J connectivity index is 3.03. The highest BCUT2D eigenvalue weighted by molar-refractivity contribution is 6.31. The highest BCUT2D eigenvalue weighted by Crippen LogP contribution is 2.32. The summed E-state index contributed by atoms with van der Waals surface area (Å²) in [5.74, 6) is 0.648. The second-order valence-electron chi connectivity index (χ2n) is 4.64. The molecule has 1 rings (SSSR count). The first-order chi connectivity index (χ1) is 8.13. The van der Waals surface area contributed by atoms with E-state index in [2.05, 4.69) is 51.2 Å². The van der Waals surface area contributed by atoms with Crippen LogP contribution in [-0.2, 0) is 0 Å². The lowest BCUT2D eigenvalue weighted by Gasteiger charge is -2.27. The summed E-state index contributed by atoms with van der Waals surface area (Å²) in [7, 11) is 0. The van der Waals surface area contributed by atoms with Crippen LogP contribution in [0.1, 0.15) is 50.8 Å². The van der Waals surface area contributed by atoms with E-state index in [9.17, 15) is 0 Å². The van der Waals surface area contributed by atoms with Crippen molar-refractivity contribution in [1.82, 2.24) is 5.32 Å². The van der Waals surface area contributed by atoms with Crippen LogP contribution in [0.5, 0.6) is 0 Å². The Kier molecular flexibility index (Phi) is 6.01. The predicted octanol–water partition coefficient (Wildman–Crippen LogP) is 4.74. The molecule has 0 aliphatic rings. The third-order valence-electron chi connectivity index (χ3n) is 3.44. The SMILES string of the molecule is CCNC(c1ccc(C)cc1Cl)C(CC)CC. The van der Waals surface area contributed by atoms with Gasteiger partial charge in [0.1, 0.15) is 0 Å². The fourth-order valence-electron chi connectivity index (χ4n) is 2.39. The van der Waals surface area contributed by atoms with Gasteiger partial charge in [0.25, 0.3) is 0 Å². The first kappa shape index (κ1) is 14.5. The lowest BCUT2D eigenvalue weighted by molar-refractivity contribution is 0.346. The second kappa shape index (κ2) is 7.03. The summed E-state index contributed by atoms with van der Waals surface area (Å²) in [6.45, 7) is 9.71. The third kappa shape index (κ3) is 3.72. The second-order valence-corrected chi connectivity index (χ2v) is 5.04. The minimum Gasteiger partial charge on any atom is -0.310 e. The van der Waals surface area contributed by atoms with Gasteiger partial charge in [0, 0.05) is 11.1 Å². The van der Waals surface area contributed by atoms with Gasteiger partial charge in [-0.1, -0.05) is 57.3 Å². The largest absolute Gasteiger partial charge is 0.310 e. The zero-order valence-corrected chi connectivity index (χ0v) is 12.1. The average Bonchev–Trinajstić information content (AvgIpc) is 2.30. The summed E-state index contributed by atoms with van der Waals surface area (Å²) in [6.07, 6.45) is 2.36. The number of hydrogen-bond donors (Lipinski definition) is 1. The van der Waals surface area contributed by atoms with Gasteiger partial charge in [-0.15, -0.1) is 0 Å².